The van der Waals surface area contributed by atoms with Crippen molar-refractivity contribution in [1.82, 2.24) is 15.2 Å². The molecule has 1 aliphatic heterocycles. The van der Waals surface area contributed by atoms with Crippen molar-refractivity contribution < 1.29 is 0 Å². The summed E-state index contributed by atoms with van der Waals surface area (Å²) in [5, 5.41) is 6.73. The van der Waals surface area contributed by atoms with Crippen LogP contribution in [0.25, 0.3) is 0 Å². The molecule has 0 aromatic carbocycles. The Morgan fingerprint density at radius 3 is 3.00 bits per heavy atom. The fourth-order valence-corrected chi connectivity index (χ4v) is 3.76. The van der Waals surface area contributed by atoms with Gasteiger partial charge in [0.05, 0.1) is 10.7 Å². The minimum atomic E-state index is 0.789. The van der Waals surface area contributed by atoms with Crippen LogP contribution in [0.5, 0.6) is 0 Å². The maximum atomic E-state index is 4.81. The average Bonchev–Trinajstić information content (AvgIpc) is 3.06. The van der Waals surface area contributed by atoms with Gasteiger partial charge in [0.1, 0.15) is 0 Å². The largest absolute Gasteiger partial charge is 0.357 e. The van der Waals surface area contributed by atoms with Crippen LogP contribution < -0.4 is 5.32 Å². The van der Waals surface area contributed by atoms with Gasteiger partial charge in [0.25, 0.3) is 0 Å². The summed E-state index contributed by atoms with van der Waals surface area (Å²) >= 11 is 1.72. The molecular formula is C17H30N4S. The van der Waals surface area contributed by atoms with Gasteiger partial charge in [0.15, 0.2) is 5.96 Å². The summed E-state index contributed by atoms with van der Waals surface area (Å²) < 4.78 is 0. The molecule has 2 rings (SSSR count). The number of nitrogens with one attached hydrogen (secondary N) is 1. The first-order valence-corrected chi connectivity index (χ1v) is 9.40. The van der Waals surface area contributed by atoms with Crippen molar-refractivity contribution in [3.63, 3.8) is 0 Å². The predicted molar refractivity (Wildman–Crippen MR) is 95.7 cm³/mol. The van der Waals surface area contributed by atoms with E-state index in [1.165, 1.54) is 18.5 Å². The molecule has 0 bridgehead atoms. The molecule has 0 saturated carbocycles. The van der Waals surface area contributed by atoms with Gasteiger partial charge >= 0.3 is 0 Å². The number of hydrogen-bond donors (Lipinski definition) is 1. The Kier molecular flexibility index (Phi) is 6.68. The smallest absolute Gasteiger partial charge is 0.193 e. The van der Waals surface area contributed by atoms with E-state index in [-0.39, 0.29) is 0 Å². The van der Waals surface area contributed by atoms with Gasteiger partial charge in [-0.3, -0.25) is 4.99 Å². The van der Waals surface area contributed by atoms with Gasteiger partial charge < -0.3 is 10.2 Å². The normalized spacial score (nSPS) is 19.2. The lowest BCUT2D eigenvalue weighted by molar-refractivity contribution is 0.403. The number of rotatable bonds is 6. The maximum absolute atomic E-state index is 4.81. The Bertz CT molecular complexity index is 481. The van der Waals surface area contributed by atoms with E-state index in [2.05, 4.69) is 48.3 Å². The molecule has 124 valence electrons. The first kappa shape index (κ1) is 17.3. The highest BCUT2D eigenvalue weighted by Crippen LogP contribution is 2.23. The number of aryl methyl sites for hydroxylation is 1. The molecule has 5 heteroatoms. The van der Waals surface area contributed by atoms with E-state index >= 15 is 0 Å². The highest BCUT2D eigenvalue weighted by atomic mass is 32.1. The zero-order valence-corrected chi connectivity index (χ0v) is 15.2. The van der Waals surface area contributed by atoms with Crippen molar-refractivity contribution >= 4 is 17.3 Å². The molecule has 1 aromatic heterocycles. The topological polar surface area (TPSA) is 40.5 Å². The van der Waals surface area contributed by atoms with Crippen LogP contribution in [0.15, 0.2) is 10.4 Å². The van der Waals surface area contributed by atoms with E-state index in [0.717, 1.165) is 55.4 Å². The van der Waals surface area contributed by atoms with Gasteiger partial charge in [0.2, 0.25) is 0 Å². The summed E-state index contributed by atoms with van der Waals surface area (Å²) in [6.07, 6.45) is 3.56. The van der Waals surface area contributed by atoms with Crippen molar-refractivity contribution in [2.24, 2.45) is 16.8 Å². The summed E-state index contributed by atoms with van der Waals surface area (Å²) in [7, 11) is 0. The third kappa shape index (κ3) is 5.27. The Labute approximate surface area is 139 Å². The van der Waals surface area contributed by atoms with Gasteiger partial charge in [-0.1, -0.05) is 13.8 Å². The fourth-order valence-electron chi connectivity index (χ4n) is 3.11. The summed E-state index contributed by atoms with van der Waals surface area (Å²) in [6.45, 7) is 12.9. The maximum Gasteiger partial charge on any atom is 0.193 e. The zero-order valence-electron chi connectivity index (χ0n) is 14.4. The van der Waals surface area contributed by atoms with Crippen molar-refractivity contribution in [3.05, 3.63) is 16.1 Å². The molecular weight excluding hydrogens is 292 g/mol. The van der Waals surface area contributed by atoms with Crippen LogP contribution in [0.3, 0.4) is 0 Å². The minimum absolute atomic E-state index is 0.789. The Balaban J connectivity index is 1.87. The van der Waals surface area contributed by atoms with Gasteiger partial charge in [0, 0.05) is 38.0 Å². The van der Waals surface area contributed by atoms with E-state index in [1.807, 2.05) is 0 Å². The van der Waals surface area contributed by atoms with Crippen LogP contribution in [0.2, 0.25) is 0 Å². The molecule has 1 saturated heterocycles. The van der Waals surface area contributed by atoms with E-state index in [1.54, 1.807) is 11.3 Å². The monoisotopic (exact) mass is 322 g/mol. The van der Waals surface area contributed by atoms with Gasteiger partial charge in [-0.2, -0.15) is 0 Å². The summed E-state index contributed by atoms with van der Waals surface area (Å²) in [4.78, 5) is 11.8. The Hall–Kier alpha value is -1.10. The number of aromatic nitrogens is 1. The molecule has 0 amide bonds. The van der Waals surface area contributed by atoms with Crippen LogP contribution in [0.1, 0.15) is 44.3 Å². The molecule has 4 nitrogen and oxygen atoms in total. The van der Waals surface area contributed by atoms with Crippen molar-refractivity contribution in [1.29, 1.82) is 0 Å². The van der Waals surface area contributed by atoms with Gasteiger partial charge in [-0.05, 0) is 38.5 Å². The molecule has 1 fully saturated rings. The lowest BCUT2D eigenvalue weighted by Gasteiger charge is -2.22. The third-order valence-electron chi connectivity index (χ3n) is 4.02. The van der Waals surface area contributed by atoms with Crippen molar-refractivity contribution in [2.45, 2.75) is 47.0 Å². The summed E-state index contributed by atoms with van der Waals surface area (Å²) in [5.41, 5.74) is 1.17. The quantitative estimate of drug-likeness (QED) is 0.645. The van der Waals surface area contributed by atoms with Crippen LogP contribution in [0.4, 0.5) is 0 Å². The Morgan fingerprint density at radius 1 is 1.55 bits per heavy atom. The molecule has 0 radical (unpaired) electrons. The first-order valence-electron chi connectivity index (χ1n) is 8.52. The number of aliphatic imine (C=N–C) groups is 1. The van der Waals surface area contributed by atoms with Crippen LogP contribution in [0, 0.1) is 18.8 Å². The predicted octanol–water partition coefficient (Wildman–Crippen LogP) is 3.33. The summed E-state index contributed by atoms with van der Waals surface area (Å²) in [5.74, 6) is 2.70. The highest BCUT2D eigenvalue weighted by molar-refractivity contribution is 7.09. The number of thiazole rings is 1. The minimum Gasteiger partial charge on any atom is -0.357 e. The number of hydrogen-bond acceptors (Lipinski definition) is 3. The van der Waals surface area contributed by atoms with Gasteiger partial charge in [-0.15, -0.1) is 11.3 Å². The summed E-state index contributed by atoms with van der Waals surface area (Å²) in [6, 6.07) is 0. The molecule has 1 N–H and O–H groups in total. The standard InChI is InChI=1S/C17H30N4S/c1-5-18-17(19-8-6-16-12-22-14(4)20-16)21-9-7-15(11-21)10-13(2)3/h12-13,15H,5-11H2,1-4H3,(H,18,19). The fraction of sp³-hybridized carbons (Fsp3) is 0.765. The van der Waals surface area contributed by atoms with Crippen molar-refractivity contribution in [2.75, 3.05) is 26.2 Å². The second kappa shape index (κ2) is 8.51. The van der Waals surface area contributed by atoms with Crippen LogP contribution in [-0.2, 0) is 6.42 Å². The molecule has 2 heterocycles. The zero-order chi connectivity index (χ0) is 15.9. The molecule has 1 aliphatic rings. The lowest BCUT2D eigenvalue weighted by Crippen LogP contribution is -2.40. The molecule has 1 aromatic rings. The number of guanidine groups is 1. The highest BCUT2D eigenvalue weighted by Gasteiger charge is 2.25. The second-order valence-electron chi connectivity index (χ2n) is 6.57. The number of likely N-dealkylation sites (tertiary alicyclic amines) is 1. The third-order valence-corrected chi connectivity index (χ3v) is 4.84. The average molecular weight is 323 g/mol. The molecule has 1 unspecified atom stereocenters. The first-order chi connectivity index (χ1) is 10.6. The second-order valence-corrected chi connectivity index (χ2v) is 7.64. The molecule has 1 atom stereocenters. The number of nitrogens with zero attached hydrogens (tertiary/aromatic N) is 3. The molecule has 22 heavy (non-hydrogen) atoms. The SMILES string of the molecule is CCNC(=NCCc1csc(C)n1)N1CCC(CC(C)C)C1. The lowest BCUT2D eigenvalue weighted by atomic mass is 9.97. The molecule has 0 spiro atoms. The van der Waals surface area contributed by atoms with Crippen molar-refractivity contribution in [3.8, 4) is 0 Å². The van der Waals surface area contributed by atoms with Crippen LogP contribution in [-0.4, -0.2) is 42.0 Å². The van der Waals surface area contributed by atoms with E-state index in [9.17, 15) is 0 Å². The molecule has 0 aliphatic carbocycles. The van der Waals surface area contributed by atoms with Crippen LogP contribution >= 0.6 is 11.3 Å². The van der Waals surface area contributed by atoms with Gasteiger partial charge in [-0.25, -0.2) is 4.98 Å². The van der Waals surface area contributed by atoms with E-state index in [0.29, 0.717) is 0 Å². The van der Waals surface area contributed by atoms with E-state index in [4.69, 9.17) is 4.99 Å². The Morgan fingerprint density at radius 2 is 2.36 bits per heavy atom. The van der Waals surface area contributed by atoms with E-state index < -0.39 is 0 Å².